The van der Waals surface area contributed by atoms with Gasteiger partial charge in [-0.25, -0.2) is 0 Å². The lowest BCUT2D eigenvalue weighted by Crippen LogP contribution is -2.25. The maximum absolute atomic E-state index is 5.72. The third-order valence-electron chi connectivity index (χ3n) is 2.93. The smallest absolute Gasteiger partial charge is 0.119 e. The molecular formula is C13H19NOS. The van der Waals surface area contributed by atoms with Gasteiger partial charge in [0.1, 0.15) is 12.4 Å². The summed E-state index contributed by atoms with van der Waals surface area (Å²) < 4.78 is 5.72. The van der Waals surface area contributed by atoms with Gasteiger partial charge in [-0.3, -0.25) is 4.90 Å². The fourth-order valence-corrected chi connectivity index (χ4v) is 2.38. The number of benzene rings is 1. The van der Waals surface area contributed by atoms with E-state index in [4.69, 9.17) is 4.74 Å². The molecule has 0 bridgehead atoms. The van der Waals surface area contributed by atoms with Crippen molar-refractivity contribution < 1.29 is 4.74 Å². The maximum atomic E-state index is 5.72. The molecule has 0 unspecified atom stereocenters. The number of thioether (sulfide) groups is 1. The Bertz CT molecular complexity index is 306. The van der Waals surface area contributed by atoms with Crippen LogP contribution in [-0.4, -0.2) is 37.4 Å². The van der Waals surface area contributed by atoms with Crippen molar-refractivity contribution in [3.05, 3.63) is 24.3 Å². The Morgan fingerprint density at radius 3 is 2.50 bits per heavy atom. The molecule has 2 nitrogen and oxygen atoms in total. The number of rotatable bonds is 5. The van der Waals surface area contributed by atoms with Crippen molar-refractivity contribution in [2.45, 2.75) is 17.7 Å². The van der Waals surface area contributed by atoms with E-state index in [9.17, 15) is 0 Å². The molecule has 3 heteroatoms. The second-order valence-electron chi connectivity index (χ2n) is 4.07. The molecular weight excluding hydrogens is 218 g/mol. The van der Waals surface area contributed by atoms with Crippen molar-refractivity contribution in [1.29, 1.82) is 0 Å². The molecule has 1 aliphatic rings. The highest BCUT2D eigenvalue weighted by atomic mass is 32.2. The summed E-state index contributed by atoms with van der Waals surface area (Å²) in [5, 5.41) is 0. The van der Waals surface area contributed by atoms with Crippen molar-refractivity contribution >= 4 is 11.8 Å². The summed E-state index contributed by atoms with van der Waals surface area (Å²) in [5.74, 6) is 0.983. The fraction of sp³-hybridized carbons (Fsp3) is 0.538. The molecule has 0 radical (unpaired) electrons. The van der Waals surface area contributed by atoms with Crippen LogP contribution >= 0.6 is 11.8 Å². The van der Waals surface area contributed by atoms with Crippen LogP contribution in [0.4, 0.5) is 0 Å². The van der Waals surface area contributed by atoms with Gasteiger partial charge in [-0.2, -0.15) is 0 Å². The Balaban J connectivity index is 1.71. The lowest BCUT2D eigenvalue weighted by atomic mass is 10.3. The van der Waals surface area contributed by atoms with E-state index in [1.54, 1.807) is 11.8 Å². The van der Waals surface area contributed by atoms with E-state index in [-0.39, 0.29) is 0 Å². The van der Waals surface area contributed by atoms with Crippen molar-refractivity contribution in [3.63, 3.8) is 0 Å². The van der Waals surface area contributed by atoms with Crippen LogP contribution in [0.15, 0.2) is 29.2 Å². The van der Waals surface area contributed by atoms with Gasteiger partial charge >= 0.3 is 0 Å². The van der Waals surface area contributed by atoms with E-state index in [2.05, 4.69) is 35.4 Å². The normalized spacial score (nSPS) is 16.6. The highest BCUT2D eigenvalue weighted by Gasteiger charge is 2.10. The molecule has 88 valence electrons. The van der Waals surface area contributed by atoms with Gasteiger partial charge in [0, 0.05) is 11.4 Å². The molecule has 0 N–H and O–H groups in total. The lowest BCUT2D eigenvalue weighted by Gasteiger charge is -2.14. The Labute approximate surface area is 102 Å². The van der Waals surface area contributed by atoms with Crippen LogP contribution in [0, 0.1) is 0 Å². The summed E-state index contributed by atoms with van der Waals surface area (Å²) in [4.78, 5) is 3.75. The molecule has 1 saturated heterocycles. The standard InChI is InChI=1S/C13H19NOS/c1-16-13-6-4-12(5-7-13)15-11-10-14-8-2-3-9-14/h4-7H,2-3,8-11H2,1H3. The Morgan fingerprint density at radius 1 is 1.19 bits per heavy atom. The first-order valence-corrected chi connectivity index (χ1v) is 7.10. The largest absolute Gasteiger partial charge is 0.492 e. The first-order valence-electron chi connectivity index (χ1n) is 5.88. The molecule has 1 aromatic carbocycles. The molecule has 0 saturated carbocycles. The van der Waals surface area contributed by atoms with Crippen molar-refractivity contribution in [2.75, 3.05) is 32.5 Å². The zero-order chi connectivity index (χ0) is 11.2. The van der Waals surface area contributed by atoms with Crippen molar-refractivity contribution in [3.8, 4) is 5.75 Å². The molecule has 0 atom stereocenters. The van der Waals surface area contributed by atoms with E-state index in [0.29, 0.717) is 0 Å². The summed E-state index contributed by atoms with van der Waals surface area (Å²) in [5.41, 5.74) is 0. The predicted octanol–water partition coefficient (Wildman–Crippen LogP) is 2.88. The van der Waals surface area contributed by atoms with Crippen molar-refractivity contribution in [1.82, 2.24) is 4.90 Å². The van der Waals surface area contributed by atoms with E-state index < -0.39 is 0 Å². The minimum atomic E-state index is 0.804. The molecule has 0 amide bonds. The SMILES string of the molecule is CSc1ccc(OCCN2CCCC2)cc1. The second-order valence-corrected chi connectivity index (χ2v) is 4.95. The van der Waals surface area contributed by atoms with Gasteiger partial charge in [0.25, 0.3) is 0 Å². The van der Waals surface area contributed by atoms with Crippen LogP contribution in [0.1, 0.15) is 12.8 Å². The fourth-order valence-electron chi connectivity index (χ4n) is 1.97. The second kappa shape index (κ2) is 6.16. The van der Waals surface area contributed by atoms with Gasteiger partial charge in [-0.1, -0.05) is 0 Å². The highest BCUT2D eigenvalue weighted by Crippen LogP contribution is 2.19. The van der Waals surface area contributed by atoms with Gasteiger partial charge < -0.3 is 4.74 Å². The number of nitrogens with zero attached hydrogens (tertiary/aromatic N) is 1. The summed E-state index contributed by atoms with van der Waals surface area (Å²) in [6.07, 6.45) is 4.79. The van der Waals surface area contributed by atoms with Crippen LogP contribution in [0.25, 0.3) is 0 Å². The third kappa shape index (κ3) is 3.42. The number of hydrogen-bond acceptors (Lipinski definition) is 3. The van der Waals surface area contributed by atoms with Gasteiger partial charge in [0.05, 0.1) is 0 Å². The average molecular weight is 237 g/mol. The van der Waals surface area contributed by atoms with E-state index in [0.717, 1.165) is 18.9 Å². The van der Waals surface area contributed by atoms with Gasteiger partial charge in [-0.05, 0) is 56.5 Å². The predicted molar refractivity (Wildman–Crippen MR) is 69.4 cm³/mol. The molecule has 2 rings (SSSR count). The minimum Gasteiger partial charge on any atom is -0.492 e. The minimum absolute atomic E-state index is 0.804. The molecule has 16 heavy (non-hydrogen) atoms. The topological polar surface area (TPSA) is 12.5 Å². The number of hydrogen-bond donors (Lipinski definition) is 0. The van der Waals surface area contributed by atoms with E-state index in [1.807, 2.05) is 0 Å². The number of ether oxygens (including phenoxy) is 1. The maximum Gasteiger partial charge on any atom is 0.119 e. The summed E-state index contributed by atoms with van der Waals surface area (Å²) >= 11 is 1.76. The van der Waals surface area contributed by atoms with E-state index >= 15 is 0 Å². The van der Waals surface area contributed by atoms with Gasteiger partial charge in [0.2, 0.25) is 0 Å². The van der Waals surface area contributed by atoms with Crippen LogP contribution in [0.5, 0.6) is 5.75 Å². The zero-order valence-electron chi connectivity index (χ0n) is 9.82. The first-order chi connectivity index (χ1) is 7.88. The Hall–Kier alpha value is -0.670. The number of likely N-dealkylation sites (tertiary alicyclic amines) is 1. The lowest BCUT2D eigenvalue weighted by molar-refractivity contribution is 0.237. The summed E-state index contributed by atoms with van der Waals surface area (Å²) in [7, 11) is 0. The molecule has 0 aromatic heterocycles. The van der Waals surface area contributed by atoms with Gasteiger partial charge in [0.15, 0.2) is 0 Å². The average Bonchev–Trinajstić information content (AvgIpc) is 2.83. The third-order valence-corrected chi connectivity index (χ3v) is 3.68. The first kappa shape index (κ1) is 11.8. The van der Waals surface area contributed by atoms with E-state index in [1.165, 1.54) is 30.8 Å². The van der Waals surface area contributed by atoms with Crippen molar-refractivity contribution in [2.24, 2.45) is 0 Å². The highest BCUT2D eigenvalue weighted by molar-refractivity contribution is 7.98. The summed E-state index contributed by atoms with van der Waals surface area (Å²) in [6, 6.07) is 8.32. The Kier molecular flexibility index (Phi) is 4.55. The molecule has 0 spiro atoms. The van der Waals surface area contributed by atoms with Crippen LogP contribution < -0.4 is 4.74 Å². The molecule has 1 aromatic rings. The molecule has 1 fully saturated rings. The molecule has 0 aliphatic carbocycles. The van der Waals surface area contributed by atoms with Gasteiger partial charge in [-0.15, -0.1) is 11.8 Å². The molecule has 1 heterocycles. The summed E-state index contributed by atoms with van der Waals surface area (Å²) in [6.45, 7) is 4.35. The quantitative estimate of drug-likeness (QED) is 0.731. The Morgan fingerprint density at radius 2 is 1.88 bits per heavy atom. The molecule has 1 aliphatic heterocycles. The van der Waals surface area contributed by atoms with Crippen LogP contribution in [-0.2, 0) is 0 Å². The monoisotopic (exact) mass is 237 g/mol. The zero-order valence-corrected chi connectivity index (χ0v) is 10.6. The van der Waals surface area contributed by atoms with Crippen LogP contribution in [0.2, 0.25) is 0 Å². The van der Waals surface area contributed by atoms with Crippen LogP contribution in [0.3, 0.4) is 0 Å².